The molecule has 0 aliphatic heterocycles. The number of hydrogen-bond donors (Lipinski definition) is 1. The summed E-state index contributed by atoms with van der Waals surface area (Å²) >= 11 is 0. The fraction of sp³-hybridized carbons (Fsp3) is 1.00. The van der Waals surface area contributed by atoms with Crippen LogP contribution >= 0.6 is 0 Å². The lowest BCUT2D eigenvalue weighted by Gasteiger charge is -2.25. The minimum atomic E-state index is -0.0395. The lowest BCUT2D eigenvalue weighted by molar-refractivity contribution is 0.0137. The Balaban J connectivity index is 3.26. The molecule has 0 bridgehead atoms. The molecule has 2 heteroatoms. The Morgan fingerprint density at radius 1 is 1.00 bits per heavy atom. The minimum absolute atomic E-state index is 0.0395. The van der Waals surface area contributed by atoms with E-state index >= 15 is 0 Å². The first kappa shape index (κ1) is 15.9. The van der Waals surface area contributed by atoms with Gasteiger partial charge in [0, 0.05) is 12.0 Å². The fourth-order valence-corrected chi connectivity index (χ4v) is 1.56. The molecule has 0 spiro atoms. The average Bonchev–Trinajstić information content (AvgIpc) is 2.32. The summed E-state index contributed by atoms with van der Waals surface area (Å²) in [6, 6.07) is 0. The van der Waals surface area contributed by atoms with Gasteiger partial charge in [0.15, 0.2) is 0 Å². The van der Waals surface area contributed by atoms with Gasteiger partial charge >= 0.3 is 0 Å². The largest absolute Gasteiger partial charge is 0.396 e. The van der Waals surface area contributed by atoms with Crippen molar-refractivity contribution in [1.82, 2.24) is 0 Å². The molecule has 1 N–H and O–H groups in total. The van der Waals surface area contributed by atoms with Gasteiger partial charge in [-0.2, -0.15) is 0 Å². The van der Waals surface area contributed by atoms with Crippen molar-refractivity contribution in [3.8, 4) is 0 Å². The van der Waals surface area contributed by atoms with Crippen LogP contribution in [0.1, 0.15) is 65.7 Å². The number of unbranched alkanes of at least 4 members (excludes halogenated alkanes) is 5. The summed E-state index contributed by atoms with van der Waals surface area (Å²) in [5.74, 6) is 0. The molecular weight excluding hydrogens is 200 g/mol. The number of aliphatic hydroxyl groups is 1. The molecule has 0 saturated carbocycles. The third kappa shape index (κ3) is 8.12. The minimum Gasteiger partial charge on any atom is -0.396 e. The van der Waals surface area contributed by atoms with Crippen molar-refractivity contribution in [2.45, 2.75) is 65.7 Å². The van der Waals surface area contributed by atoms with E-state index in [4.69, 9.17) is 4.74 Å². The van der Waals surface area contributed by atoms with Crippen LogP contribution in [0.4, 0.5) is 0 Å². The molecule has 0 aliphatic carbocycles. The normalized spacial score (nSPS) is 15.0. The van der Waals surface area contributed by atoms with Crippen LogP contribution < -0.4 is 0 Å². The van der Waals surface area contributed by atoms with Gasteiger partial charge in [0.25, 0.3) is 0 Å². The number of rotatable bonds is 11. The van der Waals surface area contributed by atoms with Gasteiger partial charge < -0.3 is 9.84 Å². The number of hydrogen-bond acceptors (Lipinski definition) is 2. The Hall–Kier alpha value is -0.0800. The summed E-state index contributed by atoms with van der Waals surface area (Å²) < 4.78 is 5.63. The van der Waals surface area contributed by atoms with Crippen LogP contribution in [0.25, 0.3) is 0 Å². The van der Waals surface area contributed by atoms with E-state index in [-0.39, 0.29) is 12.0 Å². The van der Waals surface area contributed by atoms with E-state index in [1.165, 1.54) is 32.1 Å². The van der Waals surface area contributed by atoms with Gasteiger partial charge in [-0.15, -0.1) is 0 Å². The second kappa shape index (κ2) is 10.1. The van der Waals surface area contributed by atoms with Gasteiger partial charge in [-0.3, -0.25) is 0 Å². The molecule has 0 aromatic heterocycles. The first-order chi connectivity index (χ1) is 7.68. The Morgan fingerprint density at radius 2 is 1.62 bits per heavy atom. The van der Waals surface area contributed by atoms with Crippen molar-refractivity contribution in [1.29, 1.82) is 0 Å². The van der Waals surface area contributed by atoms with Gasteiger partial charge in [-0.05, 0) is 12.8 Å². The molecule has 0 saturated heterocycles. The van der Waals surface area contributed by atoms with Crippen molar-refractivity contribution in [2.75, 3.05) is 19.8 Å². The molecule has 0 aromatic carbocycles. The van der Waals surface area contributed by atoms with Crippen LogP contribution in [0.5, 0.6) is 0 Å². The van der Waals surface area contributed by atoms with E-state index in [1.54, 1.807) is 0 Å². The molecule has 0 aliphatic rings. The second-order valence-electron chi connectivity index (χ2n) is 5.14. The maximum Gasteiger partial charge on any atom is 0.0541 e. The third-order valence-corrected chi connectivity index (χ3v) is 3.33. The monoisotopic (exact) mass is 230 g/mol. The lowest BCUT2D eigenvalue weighted by atomic mass is 9.90. The fourth-order valence-electron chi connectivity index (χ4n) is 1.56. The van der Waals surface area contributed by atoms with Crippen LogP contribution in [-0.2, 0) is 4.74 Å². The smallest absolute Gasteiger partial charge is 0.0541 e. The van der Waals surface area contributed by atoms with Crippen LogP contribution in [0, 0.1) is 5.41 Å². The molecule has 0 aromatic rings. The third-order valence-electron chi connectivity index (χ3n) is 3.33. The predicted octanol–water partition coefficient (Wildman–Crippen LogP) is 3.77. The second-order valence-corrected chi connectivity index (χ2v) is 5.14. The van der Waals surface area contributed by atoms with Crippen molar-refractivity contribution < 1.29 is 9.84 Å². The van der Waals surface area contributed by atoms with E-state index in [1.807, 2.05) is 0 Å². The summed E-state index contributed by atoms with van der Waals surface area (Å²) in [5, 5.41) is 9.21. The van der Waals surface area contributed by atoms with Crippen molar-refractivity contribution in [3.05, 3.63) is 0 Å². The summed E-state index contributed by atoms with van der Waals surface area (Å²) in [4.78, 5) is 0. The van der Waals surface area contributed by atoms with Gasteiger partial charge in [0.2, 0.25) is 0 Å². The van der Waals surface area contributed by atoms with Gasteiger partial charge in [0.05, 0.1) is 13.2 Å². The Kier molecular flexibility index (Phi) is 10.0. The van der Waals surface area contributed by atoms with E-state index in [0.29, 0.717) is 6.61 Å². The van der Waals surface area contributed by atoms with E-state index < -0.39 is 0 Å². The highest BCUT2D eigenvalue weighted by Crippen LogP contribution is 2.20. The zero-order valence-corrected chi connectivity index (χ0v) is 11.4. The Labute approximate surface area is 101 Å². The number of ether oxygens (including phenoxy) is 1. The zero-order valence-electron chi connectivity index (χ0n) is 11.4. The van der Waals surface area contributed by atoms with Gasteiger partial charge in [-0.25, -0.2) is 0 Å². The molecule has 0 radical (unpaired) electrons. The van der Waals surface area contributed by atoms with Crippen molar-refractivity contribution >= 4 is 0 Å². The first-order valence-corrected chi connectivity index (χ1v) is 6.87. The van der Waals surface area contributed by atoms with Crippen molar-refractivity contribution in [3.63, 3.8) is 0 Å². The molecule has 0 fully saturated rings. The van der Waals surface area contributed by atoms with E-state index in [2.05, 4.69) is 20.8 Å². The lowest BCUT2D eigenvalue weighted by Crippen LogP contribution is -2.26. The quantitative estimate of drug-likeness (QED) is 0.547. The zero-order chi connectivity index (χ0) is 12.3. The summed E-state index contributed by atoms with van der Waals surface area (Å²) in [7, 11) is 0. The van der Waals surface area contributed by atoms with Crippen LogP contribution in [-0.4, -0.2) is 24.9 Å². The molecule has 98 valence electrons. The Bertz CT molecular complexity index is 142. The molecule has 0 amide bonds. The molecule has 16 heavy (non-hydrogen) atoms. The Morgan fingerprint density at radius 3 is 2.19 bits per heavy atom. The van der Waals surface area contributed by atoms with Crippen LogP contribution in [0.3, 0.4) is 0 Å². The van der Waals surface area contributed by atoms with E-state index in [0.717, 1.165) is 19.4 Å². The molecular formula is C14H30O2. The molecule has 1 atom stereocenters. The molecule has 0 heterocycles. The van der Waals surface area contributed by atoms with E-state index in [9.17, 15) is 5.11 Å². The highest BCUT2D eigenvalue weighted by atomic mass is 16.5. The maximum absolute atomic E-state index is 9.21. The summed E-state index contributed by atoms with van der Waals surface area (Å²) in [6.07, 6.45) is 8.78. The summed E-state index contributed by atoms with van der Waals surface area (Å²) in [6.45, 7) is 8.18. The van der Waals surface area contributed by atoms with Gasteiger partial charge in [0.1, 0.15) is 0 Å². The molecule has 0 rings (SSSR count). The highest BCUT2D eigenvalue weighted by Gasteiger charge is 2.20. The topological polar surface area (TPSA) is 29.5 Å². The van der Waals surface area contributed by atoms with Crippen molar-refractivity contribution in [2.24, 2.45) is 5.41 Å². The van der Waals surface area contributed by atoms with Gasteiger partial charge in [-0.1, -0.05) is 52.9 Å². The van der Waals surface area contributed by atoms with Crippen LogP contribution in [0.15, 0.2) is 0 Å². The molecule has 1 unspecified atom stereocenters. The van der Waals surface area contributed by atoms with Crippen LogP contribution in [0.2, 0.25) is 0 Å². The standard InChI is InChI=1S/C14H30O2/c1-4-6-7-8-9-10-11-16-13-14(3,5-2)12-15/h15H,4-13H2,1-3H3. The highest BCUT2D eigenvalue weighted by molar-refractivity contribution is 4.70. The SMILES string of the molecule is CCCCCCCCOCC(C)(CC)CO. The average molecular weight is 230 g/mol. The maximum atomic E-state index is 9.21. The predicted molar refractivity (Wildman–Crippen MR) is 69.7 cm³/mol. The number of aliphatic hydroxyl groups excluding tert-OH is 1. The summed E-state index contributed by atoms with van der Waals surface area (Å²) in [5.41, 5.74) is -0.0395. The molecule has 2 nitrogen and oxygen atoms in total. The first-order valence-electron chi connectivity index (χ1n) is 6.87.